The van der Waals surface area contributed by atoms with Crippen molar-refractivity contribution in [1.82, 2.24) is 30.5 Å². The van der Waals surface area contributed by atoms with Gasteiger partial charge in [0.25, 0.3) is 0 Å². The van der Waals surface area contributed by atoms with Crippen LogP contribution in [0.2, 0.25) is 0 Å². The molecule has 0 spiro atoms. The molecule has 1 aromatic heterocycles. The van der Waals surface area contributed by atoms with E-state index in [0.717, 1.165) is 25.0 Å². The molecule has 1 aromatic rings. The average Bonchev–Trinajstić information content (AvgIpc) is 3.17. The highest BCUT2D eigenvalue weighted by molar-refractivity contribution is 5.96. The SMILES string of the molecule is CCOC(=O)[C@@]12C[C@H]1/C=C\CCCCC[C@H](NC(=O)OC(C)(C)C)C(=O)N1CC(n3ncc(C)n3)C[C@H]1C(=O)N2. The van der Waals surface area contributed by atoms with Gasteiger partial charge in [0.2, 0.25) is 11.8 Å². The maximum Gasteiger partial charge on any atom is 0.408 e. The smallest absolute Gasteiger partial charge is 0.408 e. The summed E-state index contributed by atoms with van der Waals surface area (Å²) in [6.07, 6.45) is 9.38. The van der Waals surface area contributed by atoms with Crippen molar-refractivity contribution < 1.29 is 28.7 Å². The average molecular weight is 559 g/mol. The summed E-state index contributed by atoms with van der Waals surface area (Å²) in [5.74, 6) is -1.44. The molecular formula is C28H42N6O6. The fraction of sp³-hybridized carbons (Fsp3) is 0.714. The molecule has 5 atom stereocenters. The molecule has 2 aliphatic heterocycles. The molecule has 2 fully saturated rings. The lowest BCUT2D eigenvalue weighted by atomic mass is 10.0. The Morgan fingerprint density at radius 3 is 2.67 bits per heavy atom. The Morgan fingerprint density at radius 2 is 2.00 bits per heavy atom. The predicted molar refractivity (Wildman–Crippen MR) is 145 cm³/mol. The van der Waals surface area contributed by atoms with Gasteiger partial charge in [-0.05, 0) is 60.3 Å². The van der Waals surface area contributed by atoms with Crippen molar-refractivity contribution in [2.24, 2.45) is 5.92 Å². The lowest BCUT2D eigenvalue weighted by molar-refractivity contribution is -0.150. The van der Waals surface area contributed by atoms with Crippen molar-refractivity contribution in [1.29, 1.82) is 0 Å². The molecule has 12 heteroatoms. The number of rotatable bonds is 4. The number of amides is 3. The Morgan fingerprint density at radius 1 is 1.23 bits per heavy atom. The summed E-state index contributed by atoms with van der Waals surface area (Å²) in [5.41, 5.74) is -1.16. The van der Waals surface area contributed by atoms with E-state index in [4.69, 9.17) is 9.47 Å². The van der Waals surface area contributed by atoms with Gasteiger partial charge in [-0.15, -0.1) is 0 Å². The monoisotopic (exact) mass is 558 g/mol. The molecule has 0 bridgehead atoms. The van der Waals surface area contributed by atoms with Gasteiger partial charge in [0, 0.05) is 18.9 Å². The first-order valence-corrected chi connectivity index (χ1v) is 14.3. The third-order valence-corrected chi connectivity index (χ3v) is 7.54. The molecule has 1 saturated heterocycles. The van der Waals surface area contributed by atoms with Crippen molar-refractivity contribution in [3.63, 3.8) is 0 Å². The van der Waals surface area contributed by atoms with Crippen LogP contribution in [0.1, 0.15) is 84.4 Å². The number of esters is 1. The molecule has 1 aliphatic carbocycles. The van der Waals surface area contributed by atoms with Gasteiger partial charge in [-0.1, -0.05) is 25.0 Å². The number of nitrogens with one attached hydrogen (secondary N) is 2. The summed E-state index contributed by atoms with van der Waals surface area (Å²) in [6.45, 7) is 9.21. The van der Waals surface area contributed by atoms with Crippen molar-refractivity contribution in [3.8, 4) is 0 Å². The van der Waals surface area contributed by atoms with E-state index in [1.165, 1.54) is 9.70 Å². The molecule has 12 nitrogen and oxygen atoms in total. The zero-order valence-electron chi connectivity index (χ0n) is 24.1. The highest BCUT2D eigenvalue weighted by Crippen LogP contribution is 2.46. The molecule has 3 heterocycles. The van der Waals surface area contributed by atoms with Crippen molar-refractivity contribution >= 4 is 23.9 Å². The van der Waals surface area contributed by atoms with Crippen LogP contribution >= 0.6 is 0 Å². The second kappa shape index (κ2) is 12.0. The summed E-state index contributed by atoms with van der Waals surface area (Å²) >= 11 is 0. The molecule has 0 radical (unpaired) electrons. The molecule has 4 rings (SSSR count). The molecule has 3 amide bonds. The summed E-state index contributed by atoms with van der Waals surface area (Å²) in [6, 6.07) is -2.10. The van der Waals surface area contributed by atoms with Crippen LogP contribution in [0.15, 0.2) is 18.3 Å². The molecule has 3 aliphatic rings. The zero-order valence-corrected chi connectivity index (χ0v) is 24.1. The molecule has 0 aromatic carbocycles. The maximum atomic E-state index is 14.0. The van der Waals surface area contributed by atoms with Crippen LogP contribution in [-0.2, 0) is 23.9 Å². The highest BCUT2D eigenvalue weighted by atomic mass is 16.6. The van der Waals surface area contributed by atoms with Gasteiger partial charge < -0.3 is 25.0 Å². The van der Waals surface area contributed by atoms with Gasteiger partial charge >= 0.3 is 12.1 Å². The van der Waals surface area contributed by atoms with Crippen LogP contribution in [0.25, 0.3) is 0 Å². The lowest BCUT2D eigenvalue weighted by Crippen LogP contribution is -2.56. The third-order valence-electron chi connectivity index (χ3n) is 7.54. The third kappa shape index (κ3) is 6.82. The normalized spacial score (nSPS) is 30.2. The van der Waals surface area contributed by atoms with Gasteiger partial charge in [-0.25, -0.2) is 9.59 Å². The number of aromatic nitrogens is 3. The number of allylic oxidation sites excluding steroid dienone is 1. The van der Waals surface area contributed by atoms with Crippen LogP contribution in [0, 0.1) is 12.8 Å². The van der Waals surface area contributed by atoms with E-state index < -0.39 is 41.2 Å². The Kier molecular flexibility index (Phi) is 8.84. The summed E-state index contributed by atoms with van der Waals surface area (Å²) in [5, 5.41) is 14.4. The Hall–Kier alpha value is -3.44. The number of nitrogens with zero attached hydrogens (tertiary/aromatic N) is 4. The number of hydrogen-bond acceptors (Lipinski definition) is 8. The summed E-state index contributed by atoms with van der Waals surface area (Å²) < 4.78 is 10.8. The number of carbonyl (C=O) groups excluding carboxylic acids is 4. The second-order valence-electron chi connectivity index (χ2n) is 12.0. The van der Waals surface area contributed by atoms with Crippen LogP contribution in [0.4, 0.5) is 4.79 Å². The number of aryl methyl sites for hydroxylation is 1. The van der Waals surface area contributed by atoms with Gasteiger partial charge in [-0.2, -0.15) is 15.0 Å². The van der Waals surface area contributed by atoms with E-state index >= 15 is 0 Å². The van der Waals surface area contributed by atoms with E-state index in [-0.39, 0.29) is 37.4 Å². The largest absolute Gasteiger partial charge is 0.464 e. The minimum Gasteiger partial charge on any atom is -0.464 e. The van der Waals surface area contributed by atoms with E-state index in [0.29, 0.717) is 19.3 Å². The fourth-order valence-corrected chi connectivity index (χ4v) is 5.47. The number of ether oxygens (including phenoxy) is 2. The van der Waals surface area contributed by atoms with Gasteiger partial charge in [0.15, 0.2) is 0 Å². The van der Waals surface area contributed by atoms with E-state index in [9.17, 15) is 19.2 Å². The predicted octanol–water partition coefficient (Wildman–Crippen LogP) is 2.58. The van der Waals surface area contributed by atoms with E-state index in [2.05, 4.69) is 20.8 Å². The maximum absolute atomic E-state index is 14.0. The Labute approximate surface area is 235 Å². The molecule has 40 heavy (non-hydrogen) atoms. The molecule has 2 N–H and O–H groups in total. The van der Waals surface area contributed by atoms with Crippen molar-refractivity contribution in [2.45, 2.75) is 109 Å². The van der Waals surface area contributed by atoms with Crippen LogP contribution in [-0.4, -0.2) is 80.1 Å². The standard InChI is InChI=1S/C28H42N6O6/c1-6-39-25(37)28-15-19(28)12-10-8-7-9-11-13-21(30-26(38)40-27(3,4)5)24(36)33-17-20(14-22(33)23(35)31-28)34-29-16-18(2)32-34/h10,12,16,19-22H,6-9,11,13-15,17H2,1-5H3,(H,30,38)(H,31,35)/b12-10-/t19-,20?,21+,22+,28-/m1/s1. The van der Waals surface area contributed by atoms with Crippen LogP contribution in [0.3, 0.4) is 0 Å². The molecule has 1 saturated carbocycles. The Balaban J connectivity index is 1.64. The van der Waals surface area contributed by atoms with Gasteiger partial charge in [-0.3, -0.25) is 9.59 Å². The second-order valence-corrected chi connectivity index (χ2v) is 12.0. The highest BCUT2D eigenvalue weighted by Gasteiger charge is 2.62. The first-order chi connectivity index (χ1) is 18.9. The zero-order chi connectivity index (χ0) is 29.1. The quantitative estimate of drug-likeness (QED) is 0.424. The molecular weight excluding hydrogens is 516 g/mol. The Bertz CT molecular complexity index is 1140. The number of alkyl carbamates (subject to hydrolysis) is 1. The topological polar surface area (TPSA) is 145 Å². The molecule has 1 unspecified atom stereocenters. The first-order valence-electron chi connectivity index (χ1n) is 14.3. The molecule has 220 valence electrons. The van der Waals surface area contributed by atoms with Crippen molar-refractivity contribution in [2.75, 3.05) is 13.2 Å². The minimum absolute atomic E-state index is 0.168. The van der Waals surface area contributed by atoms with Crippen molar-refractivity contribution in [3.05, 3.63) is 24.0 Å². The summed E-state index contributed by atoms with van der Waals surface area (Å²) in [4.78, 5) is 56.6. The first kappa shape index (κ1) is 29.5. The number of hydrogen-bond donors (Lipinski definition) is 2. The van der Waals surface area contributed by atoms with Crippen LogP contribution < -0.4 is 10.6 Å². The van der Waals surface area contributed by atoms with Gasteiger partial charge in [0.1, 0.15) is 23.2 Å². The van der Waals surface area contributed by atoms with Gasteiger partial charge in [0.05, 0.1) is 24.5 Å². The van der Waals surface area contributed by atoms with E-state index in [1.807, 2.05) is 19.1 Å². The number of carbonyl (C=O) groups is 4. The van der Waals surface area contributed by atoms with E-state index in [1.54, 1.807) is 33.9 Å². The van der Waals surface area contributed by atoms with Crippen LogP contribution in [0.5, 0.6) is 0 Å². The number of fused-ring (bicyclic) bond motifs is 2. The fourth-order valence-electron chi connectivity index (χ4n) is 5.47. The summed E-state index contributed by atoms with van der Waals surface area (Å²) in [7, 11) is 0. The minimum atomic E-state index is -1.15. The lowest BCUT2D eigenvalue weighted by Gasteiger charge is -2.30.